The first-order chi connectivity index (χ1) is 7.36. The molecule has 1 aliphatic carbocycles. The Kier molecular flexibility index (Phi) is 2.53. The first kappa shape index (κ1) is 11.5. The zero-order valence-corrected chi connectivity index (χ0v) is 9.46. The summed E-state index contributed by atoms with van der Waals surface area (Å²) in [5.41, 5.74) is -1.77. The van der Waals surface area contributed by atoms with Crippen molar-refractivity contribution in [2.75, 3.05) is 0 Å². The van der Waals surface area contributed by atoms with Gasteiger partial charge in [-0.25, -0.2) is 0 Å². The standard InChI is InChI=1S/C10H8Cl2O4/c11-9(12)10(16)3-7(15)5-1-4(13)2-6(14)8(5)10/h1-2,9,13-14,16H,3H2/t10-/m0/s1. The smallest absolute Gasteiger partial charge is 0.166 e. The van der Waals surface area contributed by atoms with Crippen LogP contribution < -0.4 is 0 Å². The molecule has 0 bridgehead atoms. The number of halogens is 2. The van der Waals surface area contributed by atoms with Crippen molar-refractivity contribution in [1.29, 1.82) is 0 Å². The van der Waals surface area contributed by atoms with E-state index in [1.165, 1.54) is 6.07 Å². The van der Waals surface area contributed by atoms with Gasteiger partial charge in [-0.15, -0.1) is 23.2 Å². The van der Waals surface area contributed by atoms with Crippen LogP contribution in [0.25, 0.3) is 0 Å². The van der Waals surface area contributed by atoms with Gasteiger partial charge in [0.2, 0.25) is 0 Å². The first-order valence-electron chi connectivity index (χ1n) is 4.46. The number of hydrogen-bond donors (Lipinski definition) is 3. The Balaban J connectivity index is 2.71. The van der Waals surface area contributed by atoms with E-state index >= 15 is 0 Å². The number of fused-ring (bicyclic) bond motifs is 1. The van der Waals surface area contributed by atoms with Crippen molar-refractivity contribution >= 4 is 29.0 Å². The minimum Gasteiger partial charge on any atom is -0.508 e. The molecule has 16 heavy (non-hydrogen) atoms. The molecule has 1 atom stereocenters. The second-order valence-corrected chi connectivity index (χ2v) is 4.81. The normalized spacial score (nSPS) is 23.9. The summed E-state index contributed by atoms with van der Waals surface area (Å²) in [7, 11) is 0. The number of aromatic hydroxyl groups is 2. The largest absolute Gasteiger partial charge is 0.508 e. The summed E-state index contributed by atoms with van der Waals surface area (Å²) >= 11 is 11.2. The molecule has 2 rings (SSSR count). The van der Waals surface area contributed by atoms with Crippen molar-refractivity contribution in [2.45, 2.75) is 16.9 Å². The topological polar surface area (TPSA) is 77.8 Å². The molecule has 0 saturated carbocycles. The Hall–Kier alpha value is -0.970. The number of rotatable bonds is 1. The number of phenols is 2. The Morgan fingerprint density at radius 2 is 1.94 bits per heavy atom. The van der Waals surface area contributed by atoms with E-state index in [4.69, 9.17) is 23.2 Å². The quantitative estimate of drug-likeness (QED) is 0.673. The Morgan fingerprint density at radius 1 is 1.31 bits per heavy atom. The molecule has 0 aromatic heterocycles. The lowest BCUT2D eigenvalue weighted by Crippen LogP contribution is -2.30. The van der Waals surface area contributed by atoms with Crippen LogP contribution in [0.1, 0.15) is 22.3 Å². The molecular formula is C10H8Cl2O4. The van der Waals surface area contributed by atoms with E-state index in [-0.39, 0.29) is 23.3 Å². The molecule has 0 heterocycles. The summed E-state index contributed by atoms with van der Waals surface area (Å²) in [6.07, 6.45) is -0.309. The number of phenolic OH excluding ortho intramolecular Hbond substituents is 2. The van der Waals surface area contributed by atoms with Gasteiger partial charge in [-0.2, -0.15) is 0 Å². The fourth-order valence-corrected chi connectivity index (χ4v) is 2.27. The summed E-state index contributed by atoms with van der Waals surface area (Å²) in [6.45, 7) is 0. The maximum Gasteiger partial charge on any atom is 0.166 e. The van der Waals surface area contributed by atoms with Crippen LogP contribution >= 0.6 is 23.2 Å². The van der Waals surface area contributed by atoms with Crippen LogP contribution in [0.5, 0.6) is 11.5 Å². The first-order valence-corrected chi connectivity index (χ1v) is 5.33. The van der Waals surface area contributed by atoms with Gasteiger partial charge in [0.1, 0.15) is 21.9 Å². The van der Waals surface area contributed by atoms with E-state index in [0.29, 0.717) is 0 Å². The Bertz CT molecular complexity index is 472. The van der Waals surface area contributed by atoms with Gasteiger partial charge in [-0.05, 0) is 6.07 Å². The van der Waals surface area contributed by atoms with Crippen molar-refractivity contribution in [3.05, 3.63) is 23.3 Å². The summed E-state index contributed by atoms with van der Waals surface area (Å²) in [5.74, 6) is -1.07. The third-order valence-electron chi connectivity index (χ3n) is 2.63. The minimum absolute atomic E-state index is 0.0229. The van der Waals surface area contributed by atoms with Gasteiger partial charge in [0.05, 0.1) is 0 Å². The highest BCUT2D eigenvalue weighted by molar-refractivity contribution is 6.45. The van der Waals surface area contributed by atoms with Gasteiger partial charge in [0.15, 0.2) is 5.78 Å². The predicted molar refractivity (Wildman–Crippen MR) is 58.1 cm³/mol. The maximum atomic E-state index is 11.6. The van der Waals surface area contributed by atoms with Gasteiger partial charge in [0.25, 0.3) is 0 Å². The molecule has 0 radical (unpaired) electrons. The number of benzene rings is 1. The highest BCUT2D eigenvalue weighted by atomic mass is 35.5. The average molecular weight is 263 g/mol. The van der Waals surface area contributed by atoms with E-state index < -0.39 is 22.0 Å². The van der Waals surface area contributed by atoms with E-state index in [1.807, 2.05) is 0 Å². The van der Waals surface area contributed by atoms with Crippen molar-refractivity contribution in [3.8, 4) is 11.5 Å². The van der Waals surface area contributed by atoms with Crippen LogP contribution in [0.2, 0.25) is 0 Å². The monoisotopic (exact) mass is 262 g/mol. The van der Waals surface area contributed by atoms with E-state index in [2.05, 4.69) is 0 Å². The number of ketones is 1. The SMILES string of the molecule is O=C1C[C@@](O)(C(Cl)Cl)c2c(O)cc(O)cc21. The fourth-order valence-electron chi connectivity index (χ4n) is 1.90. The maximum absolute atomic E-state index is 11.6. The molecular weight excluding hydrogens is 255 g/mol. The Morgan fingerprint density at radius 3 is 2.50 bits per heavy atom. The van der Waals surface area contributed by atoms with Crippen molar-refractivity contribution in [1.82, 2.24) is 0 Å². The fraction of sp³-hybridized carbons (Fsp3) is 0.300. The molecule has 0 unspecified atom stereocenters. The van der Waals surface area contributed by atoms with Crippen LogP contribution in [-0.4, -0.2) is 25.9 Å². The van der Waals surface area contributed by atoms with Crippen molar-refractivity contribution in [2.24, 2.45) is 0 Å². The zero-order chi connectivity index (χ0) is 12.1. The van der Waals surface area contributed by atoms with Gasteiger partial charge < -0.3 is 15.3 Å². The van der Waals surface area contributed by atoms with E-state index in [9.17, 15) is 20.1 Å². The lowest BCUT2D eigenvalue weighted by molar-refractivity contribution is 0.0470. The number of aliphatic hydroxyl groups is 1. The number of carbonyl (C=O) groups excluding carboxylic acids is 1. The molecule has 3 N–H and O–H groups in total. The molecule has 0 fully saturated rings. The van der Waals surface area contributed by atoms with Crippen LogP contribution in [-0.2, 0) is 5.60 Å². The van der Waals surface area contributed by atoms with Crippen LogP contribution in [0.3, 0.4) is 0 Å². The number of hydrogen-bond acceptors (Lipinski definition) is 4. The lowest BCUT2D eigenvalue weighted by Gasteiger charge is -2.24. The molecule has 86 valence electrons. The van der Waals surface area contributed by atoms with Gasteiger partial charge in [-0.1, -0.05) is 0 Å². The number of carbonyl (C=O) groups is 1. The van der Waals surface area contributed by atoms with Gasteiger partial charge >= 0.3 is 0 Å². The highest BCUT2D eigenvalue weighted by Crippen LogP contribution is 2.48. The molecule has 0 saturated heterocycles. The van der Waals surface area contributed by atoms with E-state index in [1.54, 1.807) is 0 Å². The van der Waals surface area contributed by atoms with E-state index in [0.717, 1.165) is 6.07 Å². The molecule has 1 aromatic carbocycles. The third kappa shape index (κ3) is 1.45. The molecule has 0 aliphatic heterocycles. The molecule has 1 aliphatic rings. The zero-order valence-electron chi connectivity index (χ0n) is 7.94. The number of Topliss-reactive ketones (excluding diaryl/α,β-unsaturated/α-hetero) is 1. The molecule has 0 amide bonds. The summed E-state index contributed by atoms with van der Waals surface area (Å²) in [4.78, 5) is 10.3. The second-order valence-electron chi connectivity index (χ2n) is 3.71. The minimum atomic E-state index is -1.80. The van der Waals surface area contributed by atoms with Crippen molar-refractivity contribution in [3.63, 3.8) is 0 Å². The summed E-state index contributed by atoms with van der Waals surface area (Å²) in [6, 6.07) is 2.20. The highest BCUT2D eigenvalue weighted by Gasteiger charge is 2.48. The van der Waals surface area contributed by atoms with Gasteiger partial charge in [0, 0.05) is 23.6 Å². The van der Waals surface area contributed by atoms with Crippen LogP contribution in [0.4, 0.5) is 0 Å². The summed E-state index contributed by atoms with van der Waals surface area (Å²) < 4.78 is 0. The van der Waals surface area contributed by atoms with Crippen LogP contribution in [0, 0.1) is 0 Å². The molecule has 0 spiro atoms. The molecule has 4 nitrogen and oxygen atoms in total. The van der Waals surface area contributed by atoms with Gasteiger partial charge in [-0.3, -0.25) is 4.79 Å². The van der Waals surface area contributed by atoms with Crippen LogP contribution in [0.15, 0.2) is 12.1 Å². The predicted octanol–water partition coefficient (Wildman–Crippen LogP) is 1.68. The van der Waals surface area contributed by atoms with Crippen molar-refractivity contribution < 1.29 is 20.1 Å². The number of alkyl halides is 2. The molecule has 6 heteroatoms. The average Bonchev–Trinajstić information content (AvgIpc) is 2.39. The third-order valence-corrected chi connectivity index (χ3v) is 3.35. The second kappa shape index (κ2) is 3.52. The Labute approximate surface area is 101 Å². The lowest BCUT2D eigenvalue weighted by atomic mass is 9.97. The molecule has 1 aromatic rings. The summed E-state index contributed by atoms with van der Waals surface area (Å²) in [5, 5.41) is 29.0.